The Balaban J connectivity index is 0.00000256. The van der Waals surface area contributed by atoms with Crippen molar-refractivity contribution in [2.45, 2.75) is 60.1 Å². The Labute approximate surface area is 189 Å². The summed E-state index contributed by atoms with van der Waals surface area (Å²) in [5.41, 5.74) is 1.62. The molecule has 2 atom stereocenters. The quantitative estimate of drug-likeness (QED) is 0.525. The molecule has 0 unspecified atom stereocenters. The van der Waals surface area contributed by atoms with E-state index in [2.05, 4.69) is 25.8 Å². The fraction of sp³-hybridized carbons (Fsp3) is 0.500. The van der Waals surface area contributed by atoms with E-state index in [4.69, 9.17) is 27.9 Å². The summed E-state index contributed by atoms with van der Waals surface area (Å²) in [5.74, 6) is 0.514. The van der Waals surface area contributed by atoms with Crippen LogP contribution in [0.1, 0.15) is 63.6 Å². The number of nitrogens with zero attached hydrogens (tertiary/aromatic N) is 2. The fourth-order valence-electron chi connectivity index (χ4n) is 5.27. The van der Waals surface area contributed by atoms with E-state index in [1.807, 2.05) is 17.0 Å². The van der Waals surface area contributed by atoms with Crippen molar-refractivity contribution >= 4 is 29.1 Å². The van der Waals surface area contributed by atoms with Crippen LogP contribution in [0.3, 0.4) is 0 Å². The van der Waals surface area contributed by atoms with Gasteiger partial charge in [0.15, 0.2) is 0 Å². The maximum absolute atomic E-state index is 13.3. The number of carbonyl (C=O) groups is 1. The third kappa shape index (κ3) is 4.60. The third-order valence-electron chi connectivity index (χ3n) is 5.99. The molecule has 2 heterocycles. The molecule has 1 aromatic heterocycles. The molecule has 0 radical (unpaired) electrons. The standard InChI is InChI=1S/C23H26Cl2N2O2.CH4/c1-22(2)10-16-11-23(3,13-22)14-27(16)21(28)18-8-4-6-15(26-18)12-29-19-9-5-7-17(24)20(19)25;/h4-9,16H,10-14H2,1-3H3;1H4/t16-,23-;/m1./s1. The normalized spacial score (nSPS) is 24.3. The lowest BCUT2D eigenvalue weighted by atomic mass is 9.65. The summed E-state index contributed by atoms with van der Waals surface area (Å²) in [4.78, 5) is 19.9. The number of amides is 1. The predicted molar refractivity (Wildman–Crippen MR) is 122 cm³/mol. The van der Waals surface area contributed by atoms with Gasteiger partial charge < -0.3 is 9.64 Å². The van der Waals surface area contributed by atoms with Crippen molar-refractivity contribution in [3.05, 3.63) is 57.8 Å². The molecule has 0 spiro atoms. The van der Waals surface area contributed by atoms with E-state index in [0.29, 0.717) is 33.2 Å². The summed E-state index contributed by atoms with van der Waals surface area (Å²) in [5, 5.41) is 0.819. The SMILES string of the molecule is C.CC1(C)C[C@@H]2C[C@@](C)(CN2C(=O)c2cccc(COc3cccc(Cl)c3Cl)n2)C1. The molecule has 6 heteroatoms. The second-order valence-electron chi connectivity index (χ2n) is 9.50. The van der Waals surface area contributed by atoms with Crippen molar-refractivity contribution in [3.63, 3.8) is 0 Å². The second-order valence-corrected chi connectivity index (χ2v) is 10.3. The molecular weight excluding hydrogens is 419 g/mol. The predicted octanol–water partition coefficient (Wildman–Crippen LogP) is 6.64. The first-order chi connectivity index (χ1) is 13.7. The summed E-state index contributed by atoms with van der Waals surface area (Å²) >= 11 is 12.2. The number of halogens is 2. The Bertz CT molecular complexity index is 947. The van der Waals surface area contributed by atoms with Crippen LogP contribution in [0.25, 0.3) is 0 Å². The molecule has 4 nitrogen and oxygen atoms in total. The Hall–Kier alpha value is -1.78. The third-order valence-corrected chi connectivity index (χ3v) is 6.79. The molecule has 1 aromatic carbocycles. The van der Waals surface area contributed by atoms with Crippen molar-refractivity contribution in [2.75, 3.05) is 6.54 Å². The van der Waals surface area contributed by atoms with Gasteiger partial charge >= 0.3 is 0 Å². The molecule has 1 aliphatic heterocycles. The number of hydrogen-bond acceptors (Lipinski definition) is 3. The number of benzene rings is 1. The van der Waals surface area contributed by atoms with Gasteiger partial charge in [-0.2, -0.15) is 0 Å². The molecule has 2 fully saturated rings. The van der Waals surface area contributed by atoms with Crippen LogP contribution < -0.4 is 4.74 Å². The minimum absolute atomic E-state index is 0. The highest BCUT2D eigenvalue weighted by molar-refractivity contribution is 6.42. The van der Waals surface area contributed by atoms with Crippen LogP contribution in [0.4, 0.5) is 0 Å². The summed E-state index contributed by atoms with van der Waals surface area (Å²) in [7, 11) is 0. The zero-order chi connectivity index (χ0) is 20.8. The monoisotopic (exact) mass is 448 g/mol. The van der Waals surface area contributed by atoms with E-state index in [1.165, 1.54) is 0 Å². The van der Waals surface area contributed by atoms with Gasteiger partial charge in [0.25, 0.3) is 5.91 Å². The Morgan fingerprint density at radius 3 is 2.67 bits per heavy atom. The van der Waals surface area contributed by atoms with Crippen LogP contribution in [0, 0.1) is 10.8 Å². The smallest absolute Gasteiger partial charge is 0.272 e. The van der Waals surface area contributed by atoms with Crippen LogP contribution >= 0.6 is 23.2 Å². The van der Waals surface area contributed by atoms with Gasteiger partial charge in [0.2, 0.25) is 0 Å². The van der Waals surface area contributed by atoms with Gasteiger partial charge in [0, 0.05) is 12.6 Å². The summed E-state index contributed by atoms with van der Waals surface area (Å²) in [6.07, 6.45) is 3.28. The van der Waals surface area contributed by atoms with E-state index in [0.717, 1.165) is 25.8 Å². The molecule has 1 aliphatic carbocycles. The van der Waals surface area contributed by atoms with E-state index in [-0.39, 0.29) is 30.8 Å². The topological polar surface area (TPSA) is 42.4 Å². The first-order valence-corrected chi connectivity index (χ1v) is 10.8. The van der Waals surface area contributed by atoms with Crippen molar-refractivity contribution in [1.29, 1.82) is 0 Å². The first kappa shape index (κ1) is 22.9. The van der Waals surface area contributed by atoms with Crippen LogP contribution in [0.2, 0.25) is 10.0 Å². The van der Waals surface area contributed by atoms with Crippen LogP contribution in [-0.4, -0.2) is 28.4 Å². The molecule has 162 valence electrons. The maximum Gasteiger partial charge on any atom is 0.272 e. The highest BCUT2D eigenvalue weighted by Gasteiger charge is 2.51. The van der Waals surface area contributed by atoms with Gasteiger partial charge in [-0.15, -0.1) is 0 Å². The summed E-state index contributed by atoms with van der Waals surface area (Å²) in [6, 6.07) is 11.0. The minimum atomic E-state index is 0. The minimum Gasteiger partial charge on any atom is -0.486 e. The number of pyridine rings is 1. The molecule has 2 aliphatic rings. The highest BCUT2D eigenvalue weighted by Crippen LogP contribution is 2.52. The first-order valence-electron chi connectivity index (χ1n) is 10.00. The van der Waals surface area contributed by atoms with Gasteiger partial charge in [-0.3, -0.25) is 4.79 Å². The average Bonchev–Trinajstić information content (AvgIpc) is 2.91. The molecule has 1 saturated heterocycles. The lowest BCUT2D eigenvalue weighted by molar-refractivity contribution is 0.0702. The van der Waals surface area contributed by atoms with Crippen molar-refractivity contribution < 1.29 is 9.53 Å². The summed E-state index contributed by atoms with van der Waals surface area (Å²) < 4.78 is 5.77. The zero-order valence-corrected chi connectivity index (χ0v) is 18.6. The van der Waals surface area contributed by atoms with E-state index in [1.54, 1.807) is 24.3 Å². The van der Waals surface area contributed by atoms with E-state index >= 15 is 0 Å². The maximum atomic E-state index is 13.3. The van der Waals surface area contributed by atoms with Gasteiger partial charge in [0.1, 0.15) is 23.1 Å². The Morgan fingerprint density at radius 2 is 1.90 bits per heavy atom. The van der Waals surface area contributed by atoms with Gasteiger partial charge in [-0.25, -0.2) is 4.98 Å². The molecule has 1 saturated carbocycles. The highest BCUT2D eigenvalue weighted by atomic mass is 35.5. The van der Waals surface area contributed by atoms with Gasteiger partial charge in [-0.05, 0) is 54.4 Å². The molecular formula is C24H30Cl2N2O2. The van der Waals surface area contributed by atoms with Crippen LogP contribution in [-0.2, 0) is 6.61 Å². The average molecular weight is 449 g/mol. The Kier molecular flexibility index (Phi) is 6.41. The number of likely N-dealkylation sites (tertiary alicyclic amines) is 1. The summed E-state index contributed by atoms with van der Waals surface area (Å²) in [6.45, 7) is 7.95. The zero-order valence-electron chi connectivity index (χ0n) is 17.0. The molecule has 4 rings (SSSR count). The van der Waals surface area contributed by atoms with Crippen molar-refractivity contribution in [3.8, 4) is 5.75 Å². The largest absolute Gasteiger partial charge is 0.486 e. The van der Waals surface area contributed by atoms with E-state index in [9.17, 15) is 4.79 Å². The van der Waals surface area contributed by atoms with Crippen molar-refractivity contribution in [2.24, 2.45) is 10.8 Å². The van der Waals surface area contributed by atoms with Crippen LogP contribution in [0.5, 0.6) is 5.75 Å². The van der Waals surface area contributed by atoms with Crippen LogP contribution in [0.15, 0.2) is 36.4 Å². The van der Waals surface area contributed by atoms with Gasteiger partial charge in [0.05, 0.1) is 10.7 Å². The lowest BCUT2D eigenvalue weighted by Gasteiger charge is -2.39. The molecule has 2 aromatic rings. The fourth-order valence-corrected chi connectivity index (χ4v) is 5.62. The molecule has 1 amide bonds. The second kappa shape index (κ2) is 8.39. The number of hydrogen-bond donors (Lipinski definition) is 0. The van der Waals surface area contributed by atoms with Crippen molar-refractivity contribution in [1.82, 2.24) is 9.88 Å². The number of aromatic nitrogens is 1. The van der Waals surface area contributed by atoms with Gasteiger partial charge in [-0.1, -0.05) is 63.5 Å². The lowest BCUT2D eigenvalue weighted by Crippen LogP contribution is -2.38. The molecule has 30 heavy (non-hydrogen) atoms. The number of rotatable bonds is 4. The number of ether oxygens (including phenoxy) is 1. The van der Waals surface area contributed by atoms with E-state index < -0.39 is 0 Å². The number of fused-ring (bicyclic) bond motifs is 2. The number of carbonyl (C=O) groups excluding carboxylic acids is 1. The molecule has 0 N–H and O–H groups in total. The Morgan fingerprint density at radius 1 is 1.17 bits per heavy atom. The molecule has 2 bridgehead atoms.